The van der Waals surface area contributed by atoms with Crippen molar-refractivity contribution in [2.45, 2.75) is 32.2 Å². The standard InChI is InChI=1S/C11H16N2O4/c1-7(14)9-3-2-4-13(9)11(17)6-8(15)5-10(12)16/h5,9,15H,2-4,6H2,1H3,(H2,12,16)/b8-5-/t9-/m0/s1. The number of aliphatic hydroxyl groups excluding tert-OH is 1. The van der Waals surface area contributed by atoms with Gasteiger partial charge in [-0.3, -0.25) is 14.4 Å². The van der Waals surface area contributed by atoms with Crippen LogP contribution in [-0.2, 0) is 14.4 Å². The molecule has 1 aliphatic heterocycles. The molecule has 0 radical (unpaired) electrons. The molecule has 6 heteroatoms. The van der Waals surface area contributed by atoms with E-state index in [0.717, 1.165) is 12.5 Å². The lowest BCUT2D eigenvalue weighted by Gasteiger charge is -2.22. The summed E-state index contributed by atoms with van der Waals surface area (Å²) in [6, 6.07) is -0.399. The number of hydrogen-bond acceptors (Lipinski definition) is 4. The topological polar surface area (TPSA) is 101 Å². The van der Waals surface area contributed by atoms with Gasteiger partial charge in [0.2, 0.25) is 11.8 Å². The van der Waals surface area contributed by atoms with Gasteiger partial charge in [0.15, 0.2) is 5.78 Å². The van der Waals surface area contributed by atoms with E-state index in [9.17, 15) is 19.5 Å². The quantitative estimate of drug-likeness (QED) is 0.528. The predicted octanol–water partition coefficient (Wildman–Crippen LogP) is -0.116. The fraction of sp³-hybridized carbons (Fsp3) is 0.545. The maximum atomic E-state index is 11.8. The van der Waals surface area contributed by atoms with E-state index in [-0.39, 0.29) is 23.9 Å². The van der Waals surface area contributed by atoms with Crippen molar-refractivity contribution < 1.29 is 19.5 Å². The summed E-state index contributed by atoms with van der Waals surface area (Å²) < 4.78 is 0. The zero-order valence-corrected chi connectivity index (χ0v) is 9.68. The van der Waals surface area contributed by atoms with E-state index in [4.69, 9.17) is 5.73 Å². The Morgan fingerprint density at radius 3 is 2.65 bits per heavy atom. The number of Topliss-reactive ketones (excluding diaryl/α,β-unsaturated/α-hetero) is 1. The highest BCUT2D eigenvalue weighted by Crippen LogP contribution is 2.19. The molecule has 0 aromatic heterocycles. The molecule has 0 spiro atoms. The van der Waals surface area contributed by atoms with Crippen LogP contribution in [-0.4, -0.2) is 40.2 Å². The average molecular weight is 240 g/mol. The number of amides is 2. The first kappa shape index (κ1) is 13.2. The highest BCUT2D eigenvalue weighted by atomic mass is 16.3. The number of nitrogens with two attached hydrogens (primary N) is 1. The van der Waals surface area contributed by atoms with E-state index >= 15 is 0 Å². The number of carbonyl (C=O) groups is 3. The van der Waals surface area contributed by atoms with Crippen LogP contribution in [0.25, 0.3) is 0 Å². The van der Waals surface area contributed by atoms with Crippen LogP contribution < -0.4 is 5.73 Å². The van der Waals surface area contributed by atoms with Gasteiger partial charge in [-0.1, -0.05) is 0 Å². The second kappa shape index (κ2) is 5.47. The van der Waals surface area contributed by atoms with Gasteiger partial charge in [-0.2, -0.15) is 0 Å². The van der Waals surface area contributed by atoms with E-state index in [1.54, 1.807) is 0 Å². The third-order valence-electron chi connectivity index (χ3n) is 2.68. The van der Waals surface area contributed by atoms with Crippen molar-refractivity contribution in [3.05, 3.63) is 11.8 Å². The first-order valence-electron chi connectivity index (χ1n) is 5.40. The minimum Gasteiger partial charge on any atom is -0.512 e. The molecule has 0 unspecified atom stereocenters. The molecule has 1 heterocycles. The monoisotopic (exact) mass is 240 g/mol. The molecule has 0 aromatic rings. The van der Waals surface area contributed by atoms with Crippen LogP contribution in [0, 0.1) is 0 Å². The largest absolute Gasteiger partial charge is 0.512 e. The van der Waals surface area contributed by atoms with Crippen LogP contribution >= 0.6 is 0 Å². The van der Waals surface area contributed by atoms with Crippen LogP contribution in [0.5, 0.6) is 0 Å². The van der Waals surface area contributed by atoms with Crippen molar-refractivity contribution in [2.75, 3.05) is 6.54 Å². The summed E-state index contributed by atoms with van der Waals surface area (Å²) in [6.45, 7) is 1.95. The third kappa shape index (κ3) is 3.58. The summed E-state index contributed by atoms with van der Waals surface area (Å²) in [5, 5.41) is 9.30. The van der Waals surface area contributed by atoms with Crippen molar-refractivity contribution in [1.82, 2.24) is 4.90 Å². The van der Waals surface area contributed by atoms with Gasteiger partial charge in [0.1, 0.15) is 5.76 Å². The van der Waals surface area contributed by atoms with E-state index in [1.807, 2.05) is 0 Å². The molecule has 0 aliphatic carbocycles. The number of primary amides is 1. The summed E-state index contributed by atoms with van der Waals surface area (Å²) in [7, 11) is 0. The van der Waals surface area contributed by atoms with Crippen LogP contribution in [0.1, 0.15) is 26.2 Å². The number of carbonyl (C=O) groups excluding carboxylic acids is 3. The third-order valence-corrected chi connectivity index (χ3v) is 2.68. The van der Waals surface area contributed by atoms with E-state index in [1.165, 1.54) is 11.8 Å². The van der Waals surface area contributed by atoms with Gasteiger partial charge in [-0.05, 0) is 19.8 Å². The van der Waals surface area contributed by atoms with Gasteiger partial charge in [-0.15, -0.1) is 0 Å². The Labute approximate surface area is 99.1 Å². The number of nitrogens with zero attached hydrogens (tertiary/aromatic N) is 1. The number of likely N-dealkylation sites (tertiary alicyclic amines) is 1. The molecule has 2 amide bonds. The Bertz CT molecular complexity index is 376. The van der Waals surface area contributed by atoms with Crippen LogP contribution in [0.2, 0.25) is 0 Å². The zero-order chi connectivity index (χ0) is 13.0. The summed E-state index contributed by atoms with van der Waals surface area (Å²) in [5.74, 6) is -1.61. The van der Waals surface area contributed by atoms with Gasteiger partial charge in [-0.25, -0.2) is 0 Å². The molecule has 0 aromatic carbocycles. The second-order valence-electron chi connectivity index (χ2n) is 4.07. The molecular formula is C11H16N2O4. The highest BCUT2D eigenvalue weighted by molar-refractivity contribution is 5.90. The lowest BCUT2D eigenvalue weighted by molar-refractivity contribution is -0.136. The molecule has 6 nitrogen and oxygen atoms in total. The zero-order valence-electron chi connectivity index (χ0n) is 9.68. The molecular weight excluding hydrogens is 224 g/mol. The molecule has 0 saturated carbocycles. The number of hydrogen-bond donors (Lipinski definition) is 2. The van der Waals surface area contributed by atoms with Crippen LogP contribution in [0.3, 0.4) is 0 Å². The normalized spacial score (nSPS) is 20.4. The summed E-state index contributed by atoms with van der Waals surface area (Å²) in [4.78, 5) is 35.0. The summed E-state index contributed by atoms with van der Waals surface area (Å²) in [5.41, 5.74) is 4.84. The maximum Gasteiger partial charge on any atom is 0.244 e. The fourth-order valence-corrected chi connectivity index (χ4v) is 1.96. The van der Waals surface area contributed by atoms with Gasteiger partial charge in [0.25, 0.3) is 0 Å². The number of ketones is 1. The lowest BCUT2D eigenvalue weighted by atomic mass is 10.1. The van der Waals surface area contributed by atoms with E-state index in [2.05, 4.69) is 0 Å². The molecule has 1 saturated heterocycles. The van der Waals surface area contributed by atoms with E-state index < -0.39 is 11.9 Å². The van der Waals surface area contributed by atoms with Crippen LogP contribution in [0.4, 0.5) is 0 Å². The molecule has 1 aliphatic rings. The number of rotatable bonds is 4. The summed E-state index contributed by atoms with van der Waals surface area (Å²) in [6.07, 6.45) is 1.93. The van der Waals surface area contributed by atoms with Crippen molar-refractivity contribution in [2.24, 2.45) is 5.73 Å². The van der Waals surface area contributed by atoms with Gasteiger partial charge < -0.3 is 15.7 Å². The maximum absolute atomic E-state index is 11.8. The Kier molecular flexibility index (Phi) is 4.25. The number of aliphatic hydroxyl groups is 1. The molecule has 1 atom stereocenters. The van der Waals surface area contributed by atoms with Gasteiger partial charge in [0.05, 0.1) is 12.5 Å². The minimum atomic E-state index is -0.806. The van der Waals surface area contributed by atoms with Gasteiger partial charge in [0, 0.05) is 12.6 Å². The first-order valence-corrected chi connectivity index (χ1v) is 5.40. The second-order valence-corrected chi connectivity index (χ2v) is 4.07. The molecule has 1 fully saturated rings. The van der Waals surface area contributed by atoms with Gasteiger partial charge >= 0.3 is 0 Å². The van der Waals surface area contributed by atoms with Crippen molar-refractivity contribution in [3.63, 3.8) is 0 Å². The van der Waals surface area contributed by atoms with Crippen molar-refractivity contribution in [3.8, 4) is 0 Å². The Hall–Kier alpha value is -1.85. The Balaban J connectivity index is 2.64. The van der Waals surface area contributed by atoms with Crippen LogP contribution in [0.15, 0.2) is 11.8 Å². The average Bonchev–Trinajstić information content (AvgIpc) is 2.63. The Morgan fingerprint density at radius 2 is 2.12 bits per heavy atom. The fourth-order valence-electron chi connectivity index (χ4n) is 1.96. The molecule has 17 heavy (non-hydrogen) atoms. The molecule has 1 rings (SSSR count). The first-order chi connectivity index (χ1) is 7.91. The van der Waals surface area contributed by atoms with Crippen molar-refractivity contribution >= 4 is 17.6 Å². The molecule has 94 valence electrons. The lowest BCUT2D eigenvalue weighted by Crippen LogP contribution is -2.39. The highest BCUT2D eigenvalue weighted by Gasteiger charge is 2.31. The van der Waals surface area contributed by atoms with Crippen molar-refractivity contribution in [1.29, 1.82) is 0 Å². The summed E-state index contributed by atoms with van der Waals surface area (Å²) >= 11 is 0. The predicted molar refractivity (Wildman–Crippen MR) is 59.9 cm³/mol. The molecule has 0 bridgehead atoms. The SMILES string of the molecule is CC(=O)[C@@H]1CCCN1C(=O)C/C(O)=C/C(N)=O. The van der Waals surface area contributed by atoms with E-state index in [0.29, 0.717) is 13.0 Å². The minimum absolute atomic E-state index is 0.0609. The molecule has 3 N–H and O–H groups in total. The smallest absolute Gasteiger partial charge is 0.244 e. The Morgan fingerprint density at radius 1 is 1.47 bits per heavy atom.